The summed E-state index contributed by atoms with van der Waals surface area (Å²) in [4.78, 5) is 32.1. The maximum atomic E-state index is 11.2. The fraction of sp³-hybridized carbons (Fsp3) is 0.700. The van der Waals surface area contributed by atoms with Gasteiger partial charge in [0.05, 0.1) is 0 Å². The molecule has 0 heterocycles. The molecule has 0 aliphatic carbocycles. The van der Waals surface area contributed by atoms with Crippen LogP contribution in [0.3, 0.4) is 0 Å². The molecule has 7 heteroatoms. The van der Waals surface area contributed by atoms with Crippen LogP contribution in [0.2, 0.25) is 0 Å². The summed E-state index contributed by atoms with van der Waals surface area (Å²) < 4.78 is 0. The molecule has 0 aliphatic rings. The van der Waals surface area contributed by atoms with Crippen LogP contribution in [0, 0.1) is 0 Å². The topological polar surface area (TPSA) is 122 Å². The third kappa shape index (κ3) is 9.31. The highest BCUT2D eigenvalue weighted by molar-refractivity contribution is 5.78. The van der Waals surface area contributed by atoms with E-state index in [9.17, 15) is 14.4 Å². The lowest BCUT2D eigenvalue weighted by atomic mass is 10.1. The molecule has 0 radical (unpaired) electrons. The highest BCUT2D eigenvalue weighted by Crippen LogP contribution is 1.94. The van der Waals surface area contributed by atoms with Gasteiger partial charge >= 0.3 is 5.97 Å². The van der Waals surface area contributed by atoms with E-state index < -0.39 is 12.0 Å². The van der Waals surface area contributed by atoms with E-state index in [1.54, 1.807) is 0 Å². The van der Waals surface area contributed by atoms with Gasteiger partial charge in [-0.1, -0.05) is 0 Å². The van der Waals surface area contributed by atoms with Crippen LogP contribution in [0.25, 0.3) is 0 Å². The quantitative estimate of drug-likeness (QED) is 0.401. The molecule has 0 aromatic carbocycles. The molecule has 0 rings (SSSR count). The Morgan fingerprint density at radius 2 is 1.82 bits per heavy atom. The van der Waals surface area contributed by atoms with Crippen LogP contribution < -0.4 is 16.4 Å². The third-order valence-corrected chi connectivity index (χ3v) is 2.05. The van der Waals surface area contributed by atoms with E-state index >= 15 is 0 Å². The van der Waals surface area contributed by atoms with Crippen molar-refractivity contribution in [3.63, 3.8) is 0 Å². The van der Waals surface area contributed by atoms with Crippen LogP contribution in [-0.4, -0.2) is 42.0 Å². The molecule has 1 atom stereocenters. The van der Waals surface area contributed by atoms with Gasteiger partial charge in [0, 0.05) is 26.4 Å². The average Bonchev–Trinajstić information content (AvgIpc) is 2.24. The van der Waals surface area contributed by atoms with Crippen molar-refractivity contribution in [2.24, 2.45) is 5.73 Å². The molecule has 98 valence electrons. The lowest BCUT2D eigenvalue weighted by Gasteiger charge is -2.07. The first-order chi connectivity index (χ1) is 7.93. The fourth-order valence-electron chi connectivity index (χ4n) is 1.08. The van der Waals surface area contributed by atoms with Crippen molar-refractivity contribution in [1.82, 2.24) is 10.6 Å². The molecule has 2 amide bonds. The number of nitrogens with one attached hydrogen (secondary N) is 2. The number of carboxylic acid groups (broad SMARTS) is 1. The van der Waals surface area contributed by atoms with Gasteiger partial charge in [0.15, 0.2) is 0 Å². The molecule has 0 bridgehead atoms. The number of aliphatic carboxylic acids is 1. The predicted molar refractivity (Wildman–Crippen MR) is 61.2 cm³/mol. The van der Waals surface area contributed by atoms with Crippen LogP contribution in [0.5, 0.6) is 0 Å². The number of hydrogen-bond acceptors (Lipinski definition) is 4. The molecule has 0 aromatic heterocycles. The molecular weight excluding hydrogens is 226 g/mol. The van der Waals surface area contributed by atoms with Crippen molar-refractivity contribution in [3.05, 3.63) is 0 Å². The first kappa shape index (κ1) is 15.4. The van der Waals surface area contributed by atoms with E-state index in [1.807, 2.05) is 0 Å². The van der Waals surface area contributed by atoms with Gasteiger partial charge in [-0.25, -0.2) is 0 Å². The average molecular weight is 245 g/mol. The van der Waals surface area contributed by atoms with E-state index in [1.165, 1.54) is 6.92 Å². The van der Waals surface area contributed by atoms with Crippen LogP contribution in [0.4, 0.5) is 0 Å². The van der Waals surface area contributed by atoms with Crippen molar-refractivity contribution >= 4 is 17.8 Å². The summed E-state index contributed by atoms with van der Waals surface area (Å²) in [5.41, 5.74) is 5.25. The maximum absolute atomic E-state index is 11.2. The lowest BCUT2D eigenvalue weighted by molar-refractivity contribution is -0.138. The molecule has 0 spiro atoms. The number of hydrogen-bond donors (Lipinski definition) is 4. The standard InChI is InChI=1S/C10H19N3O4/c1-7(14)12-5-2-6-13-9(15)4-3-8(11)10(16)17/h8H,2-6,11H2,1H3,(H,12,14)(H,13,15)(H,16,17)/t8-/m0/s1. The minimum atomic E-state index is -1.11. The van der Waals surface area contributed by atoms with E-state index in [0.29, 0.717) is 19.5 Å². The predicted octanol–water partition coefficient (Wildman–Crippen LogP) is -1.18. The Morgan fingerprint density at radius 1 is 1.24 bits per heavy atom. The Morgan fingerprint density at radius 3 is 2.35 bits per heavy atom. The molecule has 0 aromatic rings. The zero-order chi connectivity index (χ0) is 13.3. The molecule has 0 fully saturated rings. The second-order valence-corrected chi connectivity index (χ2v) is 3.67. The Kier molecular flexibility index (Phi) is 7.70. The SMILES string of the molecule is CC(=O)NCCCNC(=O)CC[C@H](N)C(=O)O. The van der Waals surface area contributed by atoms with Crippen LogP contribution >= 0.6 is 0 Å². The molecule has 17 heavy (non-hydrogen) atoms. The zero-order valence-corrected chi connectivity index (χ0v) is 9.86. The highest BCUT2D eigenvalue weighted by atomic mass is 16.4. The van der Waals surface area contributed by atoms with Gasteiger partial charge in [0.2, 0.25) is 11.8 Å². The summed E-state index contributed by atoms with van der Waals surface area (Å²) in [5.74, 6) is -1.45. The number of rotatable bonds is 8. The molecule has 0 unspecified atom stereocenters. The first-order valence-electron chi connectivity index (χ1n) is 5.43. The smallest absolute Gasteiger partial charge is 0.320 e. The fourth-order valence-corrected chi connectivity index (χ4v) is 1.08. The van der Waals surface area contributed by atoms with Gasteiger partial charge < -0.3 is 21.5 Å². The molecule has 0 saturated carbocycles. The number of carbonyl (C=O) groups is 3. The molecule has 5 N–H and O–H groups in total. The maximum Gasteiger partial charge on any atom is 0.320 e. The van der Waals surface area contributed by atoms with E-state index in [2.05, 4.69) is 10.6 Å². The van der Waals surface area contributed by atoms with Gasteiger partial charge in [-0.2, -0.15) is 0 Å². The molecule has 0 aliphatic heterocycles. The van der Waals surface area contributed by atoms with Crippen LogP contribution in [0.15, 0.2) is 0 Å². The molecule has 7 nitrogen and oxygen atoms in total. The second-order valence-electron chi connectivity index (χ2n) is 3.67. The van der Waals surface area contributed by atoms with Crippen molar-refractivity contribution in [2.75, 3.05) is 13.1 Å². The highest BCUT2D eigenvalue weighted by Gasteiger charge is 2.12. The van der Waals surface area contributed by atoms with Crippen molar-refractivity contribution in [3.8, 4) is 0 Å². The summed E-state index contributed by atoms with van der Waals surface area (Å²) >= 11 is 0. The Hall–Kier alpha value is -1.63. The van der Waals surface area contributed by atoms with Crippen molar-refractivity contribution in [1.29, 1.82) is 0 Å². The zero-order valence-electron chi connectivity index (χ0n) is 9.86. The summed E-state index contributed by atoms with van der Waals surface area (Å²) in [6, 6.07) is -1.000. The lowest BCUT2D eigenvalue weighted by Crippen LogP contribution is -2.33. The van der Waals surface area contributed by atoms with Crippen molar-refractivity contribution < 1.29 is 19.5 Å². The monoisotopic (exact) mass is 245 g/mol. The van der Waals surface area contributed by atoms with Crippen molar-refractivity contribution in [2.45, 2.75) is 32.2 Å². The largest absolute Gasteiger partial charge is 0.480 e. The Labute approximate surface area is 99.7 Å². The summed E-state index contributed by atoms with van der Waals surface area (Å²) in [6.45, 7) is 2.37. The summed E-state index contributed by atoms with van der Waals surface area (Å²) in [7, 11) is 0. The normalized spacial score (nSPS) is 11.6. The van der Waals surface area contributed by atoms with E-state index in [0.717, 1.165) is 0 Å². The Bertz CT molecular complexity index is 281. The van der Waals surface area contributed by atoms with Gasteiger partial charge in [0.25, 0.3) is 0 Å². The van der Waals surface area contributed by atoms with E-state index in [-0.39, 0.29) is 24.7 Å². The minimum absolute atomic E-state index is 0.0909. The first-order valence-corrected chi connectivity index (χ1v) is 5.43. The molecular formula is C10H19N3O4. The second kappa shape index (κ2) is 8.51. The van der Waals surface area contributed by atoms with Gasteiger partial charge in [0.1, 0.15) is 6.04 Å². The number of amides is 2. The van der Waals surface area contributed by atoms with Gasteiger partial charge in [-0.3, -0.25) is 14.4 Å². The molecule has 0 saturated heterocycles. The number of nitrogens with two attached hydrogens (primary N) is 1. The van der Waals surface area contributed by atoms with Gasteiger partial charge in [-0.05, 0) is 12.8 Å². The minimum Gasteiger partial charge on any atom is -0.480 e. The van der Waals surface area contributed by atoms with E-state index in [4.69, 9.17) is 10.8 Å². The van der Waals surface area contributed by atoms with Gasteiger partial charge in [-0.15, -0.1) is 0 Å². The van der Waals surface area contributed by atoms with Crippen LogP contribution in [-0.2, 0) is 14.4 Å². The number of carbonyl (C=O) groups excluding carboxylic acids is 2. The number of carboxylic acids is 1. The van der Waals surface area contributed by atoms with Crippen LogP contribution in [0.1, 0.15) is 26.2 Å². The summed E-state index contributed by atoms with van der Waals surface area (Å²) in [6.07, 6.45) is 0.844. The Balaban J connectivity index is 3.47. The third-order valence-electron chi connectivity index (χ3n) is 2.05. The summed E-state index contributed by atoms with van der Waals surface area (Å²) in [5, 5.41) is 13.7.